The Labute approximate surface area is 94.5 Å². The van der Waals surface area contributed by atoms with Crippen LogP contribution in [-0.2, 0) is 9.47 Å². The maximum absolute atomic E-state index is 5.73. The standard InChI is InChI=1S/C12H27NO2/c1-6-13-10-12(4,5)15-8-7-14-9-11(2)3/h11,13H,6-10H2,1-5H3. The first kappa shape index (κ1) is 14.9. The Balaban J connectivity index is 3.40. The largest absolute Gasteiger partial charge is 0.379 e. The third kappa shape index (κ3) is 10.2. The second-order valence-electron chi connectivity index (χ2n) is 4.86. The normalized spacial score (nSPS) is 12.4. The van der Waals surface area contributed by atoms with Gasteiger partial charge in [-0.05, 0) is 26.3 Å². The Morgan fingerprint density at radius 2 is 1.87 bits per heavy atom. The van der Waals surface area contributed by atoms with Gasteiger partial charge in [-0.15, -0.1) is 0 Å². The molecule has 0 aromatic carbocycles. The van der Waals surface area contributed by atoms with Crippen molar-refractivity contribution >= 4 is 0 Å². The summed E-state index contributed by atoms with van der Waals surface area (Å²) < 4.78 is 11.2. The molecule has 0 aliphatic carbocycles. The maximum atomic E-state index is 5.73. The number of likely N-dealkylation sites (N-methyl/N-ethyl adjacent to an activating group) is 1. The maximum Gasteiger partial charge on any atom is 0.0751 e. The summed E-state index contributed by atoms with van der Waals surface area (Å²) in [5, 5.41) is 3.28. The number of hydrogen-bond acceptors (Lipinski definition) is 3. The molecule has 0 aromatic heterocycles. The van der Waals surface area contributed by atoms with Crippen LogP contribution < -0.4 is 5.32 Å². The lowest BCUT2D eigenvalue weighted by Crippen LogP contribution is -2.38. The highest BCUT2D eigenvalue weighted by Gasteiger charge is 2.16. The van der Waals surface area contributed by atoms with Crippen LogP contribution in [0.3, 0.4) is 0 Å². The van der Waals surface area contributed by atoms with Crippen LogP contribution in [0.5, 0.6) is 0 Å². The lowest BCUT2D eigenvalue weighted by atomic mass is 10.1. The summed E-state index contributed by atoms with van der Waals surface area (Å²) in [5.41, 5.74) is -0.1000. The van der Waals surface area contributed by atoms with Gasteiger partial charge >= 0.3 is 0 Å². The summed E-state index contributed by atoms with van der Waals surface area (Å²) >= 11 is 0. The van der Waals surface area contributed by atoms with Gasteiger partial charge in [-0.3, -0.25) is 0 Å². The highest BCUT2D eigenvalue weighted by Crippen LogP contribution is 2.07. The first-order valence-electron chi connectivity index (χ1n) is 5.90. The molecule has 0 aliphatic rings. The van der Waals surface area contributed by atoms with Crippen molar-refractivity contribution in [2.75, 3.05) is 32.9 Å². The van der Waals surface area contributed by atoms with Crippen molar-refractivity contribution in [3.05, 3.63) is 0 Å². The SMILES string of the molecule is CCNCC(C)(C)OCCOCC(C)C. The van der Waals surface area contributed by atoms with Crippen LogP contribution in [-0.4, -0.2) is 38.5 Å². The van der Waals surface area contributed by atoms with E-state index in [1.54, 1.807) is 0 Å². The molecule has 0 aliphatic heterocycles. The zero-order valence-corrected chi connectivity index (χ0v) is 10.9. The Bertz CT molecular complexity index is 147. The Morgan fingerprint density at radius 1 is 1.20 bits per heavy atom. The topological polar surface area (TPSA) is 30.5 Å². The first-order chi connectivity index (χ1) is 6.98. The van der Waals surface area contributed by atoms with E-state index in [4.69, 9.17) is 9.47 Å². The molecule has 0 saturated heterocycles. The number of rotatable bonds is 9. The van der Waals surface area contributed by atoms with Crippen molar-refractivity contribution in [2.45, 2.75) is 40.2 Å². The molecule has 0 heterocycles. The third-order valence-corrected chi connectivity index (χ3v) is 1.97. The number of ether oxygens (including phenoxy) is 2. The molecule has 0 rings (SSSR count). The average Bonchev–Trinajstić information content (AvgIpc) is 2.14. The third-order valence-electron chi connectivity index (χ3n) is 1.97. The van der Waals surface area contributed by atoms with Crippen LogP contribution >= 0.6 is 0 Å². The van der Waals surface area contributed by atoms with Gasteiger partial charge in [-0.25, -0.2) is 0 Å². The highest BCUT2D eigenvalue weighted by molar-refractivity contribution is 4.71. The minimum absolute atomic E-state index is 0.1000. The molecule has 15 heavy (non-hydrogen) atoms. The summed E-state index contributed by atoms with van der Waals surface area (Å²) in [6.07, 6.45) is 0. The molecule has 0 aromatic rings. The Hall–Kier alpha value is -0.120. The van der Waals surface area contributed by atoms with E-state index in [0.29, 0.717) is 19.1 Å². The lowest BCUT2D eigenvalue weighted by molar-refractivity contribution is -0.0469. The van der Waals surface area contributed by atoms with Crippen molar-refractivity contribution in [1.29, 1.82) is 0 Å². The van der Waals surface area contributed by atoms with E-state index in [2.05, 4.69) is 39.9 Å². The average molecular weight is 217 g/mol. The van der Waals surface area contributed by atoms with Gasteiger partial charge in [0.2, 0.25) is 0 Å². The fraction of sp³-hybridized carbons (Fsp3) is 1.00. The summed E-state index contributed by atoms with van der Waals surface area (Å²) in [6, 6.07) is 0. The van der Waals surface area contributed by atoms with Gasteiger partial charge in [0.1, 0.15) is 0 Å². The molecule has 0 unspecified atom stereocenters. The van der Waals surface area contributed by atoms with Crippen molar-refractivity contribution in [2.24, 2.45) is 5.92 Å². The fourth-order valence-electron chi connectivity index (χ4n) is 1.17. The summed E-state index contributed by atoms with van der Waals surface area (Å²) in [4.78, 5) is 0. The van der Waals surface area contributed by atoms with Gasteiger partial charge in [0, 0.05) is 13.2 Å². The van der Waals surface area contributed by atoms with Crippen LogP contribution in [0.1, 0.15) is 34.6 Å². The molecule has 0 fully saturated rings. The van der Waals surface area contributed by atoms with E-state index in [-0.39, 0.29) is 5.60 Å². The Kier molecular flexibility index (Phi) is 8.02. The smallest absolute Gasteiger partial charge is 0.0751 e. The van der Waals surface area contributed by atoms with Crippen LogP contribution in [0, 0.1) is 5.92 Å². The fourth-order valence-corrected chi connectivity index (χ4v) is 1.17. The molecule has 1 N–H and O–H groups in total. The molecule has 0 spiro atoms. The van der Waals surface area contributed by atoms with Gasteiger partial charge in [0.15, 0.2) is 0 Å². The summed E-state index contributed by atoms with van der Waals surface area (Å²) in [6.45, 7) is 14.6. The van der Waals surface area contributed by atoms with Crippen LogP contribution in [0.2, 0.25) is 0 Å². The monoisotopic (exact) mass is 217 g/mol. The van der Waals surface area contributed by atoms with Crippen molar-refractivity contribution in [1.82, 2.24) is 5.32 Å². The molecule has 3 heteroatoms. The van der Waals surface area contributed by atoms with Crippen molar-refractivity contribution < 1.29 is 9.47 Å². The quantitative estimate of drug-likeness (QED) is 0.600. The molecule has 0 bridgehead atoms. The molecular formula is C12H27NO2. The molecule has 3 nitrogen and oxygen atoms in total. The van der Waals surface area contributed by atoms with Gasteiger partial charge in [-0.2, -0.15) is 0 Å². The number of nitrogens with one attached hydrogen (secondary N) is 1. The Morgan fingerprint density at radius 3 is 2.40 bits per heavy atom. The zero-order valence-electron chi connectivity index (χ0n) is 10.9. The lowest BCUT2D eigenvalue weighted by Gasteiger charge is -2.25. The van der Waals surface area contributed by atoms with Gasteiger partial charge in [0.05, 0.1) is 18.8 Å². The predicted molar refractivity (Wildman–Crippen MR) is 64.2 cm³/mol. The van der Waals surface area contributed by atoms with E-state index in [1.165, 1.54) is 0 Å². The predicted octanol–water partition coefficient (Wildman–Crippen LogP) is 2.06. The van der Waals surface area contributed by atoms with Crippen LogP contribution in [0.4, 0.5) is 0 Å². The molecule has 0 amide bonds. The van der Waals surface area contributed by atoms with Crippen LogP contribution in [0.15, 0.2) is 0 Å². The van der Waals surface area contributed by atoms with Gasteiger partial charge < -0.3 is 14.8 Å². The minimum Gasteiger partial charge on any atom is -0.379 e. The molecule has 0 atom stereocenters. The number of hydrogen-bond donors (Lipinski definition) is 1. The summed E-state index contributed by atoms with van der Waals surface area (Å²) in [7, 11) is 0. The van der Waals surface area contributed by atoms with Gasteiger partial charge in [-0.1, -0.05) is 20.8 Å². The van der Waals surface area contributed by atoms with E-state index in [0.717, 1.165) is 19.7 Å². The van der Waals surface area contributed by atoms with Crippen molar-refractivity contribution in [3.63, 3.8) is 0 Å². The molecule has 92 valence electrons. The van der Waals surface area contributed by atoms with E-state index in [9.17, 15) is 0 Å². The highest BCUT2D eigenvalue weighted by atomic mass is 16.5. The molecule has 0 radical (unpaired) electrons. The van der Waals surface area contributed by atoms with Crippen molar-refractivity contribution in [3.8, 4) is 0 Å². The molecular weight excluding hydrogens is 190 g/mol. The van der Waals surface area contributed by atoms with E-state index in [1.807, 2.05) is 0 Å². The van der Waals surface area contributed by atoms with E-state index >= 15 is 0 Å². The van der Waals surface area contributed by atoms with Gasteiger partial charge in [0.25, 0.3) is 0 Å². The van der Waals surface area contributed by atoms with E-state index < -0.39 is 0 Å². The minimum atomic E-state index is -0.1000. The second kappa shape index (κ2) is 8.08. The first-order valence-corrected chi connectivity index (χ1v) is 5.90. The molecule has 0 saturated carbocycles. The second-order valence-corrected chi connectivity index (χ2v) is 4.86. The summed E-state index contributed by atoms with van der Waals surface area (Å²) in [5.74, 6) is 0.597. The van der Waals surface area contributed by atoms with Crippen LogP contribution in [0.25, 0.3) is 0 Å². The zero-order chi connectivity index (χ0) is 11.7.